The van der Waals surface area contributed by atoms with Gasteiger partial charge in [-0.15, -0.1) is 0 Å². The largest absolute Gasteiger partial charge is 0.346 e. The molecule has 0 bridgehead atoms. The van der Waals surface area contributed by atoms with Gasteiger partial charge in [-0.1, -0.05) is 26.0 Å². The van der Waals surface area contributed by atoms with E-state index >= 15 is 0 Å². The van der Waals surface area contributed by atoms with Gasteiger partial charge in [0.15, 0.2) is 0 Å². The molecule has 2 nitrogen and oxygen atoms in total. The Morgan fingerprint density at radius 3 is 2.67 bits per heavy atom. The lowest BCUT2D eigenvalue weighted by Crippen LogP contribution is -2.33. The second-order valence-corrected chi connectivity index (χ2v) is 5.56. The minimum absolute atomic E-state index is 0.577. The first kappa shape index (κ1) is 13.2. The summed E-state index contributed by atoms with van der Waals surface area (Å²) in [4.78, 5) is 0. The summed E-state index contributed by atoms with van der Waals surface area (Å²) in [5.41, 5.74) is 2.67. The molecule has 1 aromatic heterocycles. The second-order valence-electron chi connectivity index (χ2n) is 5.56. The summed E-state index contributed by atoms with van der Waals surface area (Å²) in [6.07, 6.45) is 2.19. The van der Waals surface area contributed by atoms with Crippen LogP contribution in [0.25, 0.3) is 10.9 Å². The summed E-state index contributed by atoms with van der Waals surface area (Å²) in [6, 6.07) is 9.41. The van der Waals surface area contributed by atoms with Crippen molar-refractivity contribution in [3.63, 3.8) is 0 Å². The van der Waals surface area contributed by atoms with Crippen LogP contribution in [0.2, 0.25) is 0 Å². The topological polar surface area (TPSA) is 17.0 Å². The number of benzene rings is 1. The van der Waals surface area contributed by atoms with Gasteiger partial charge in [-0.25, -0.2) is 0 Å². The van der Waals surface area contributed by atoms with Gasteiger partial charge < -0.3 is 9.88 Å². The monoisotopic (exact) mass is 244 g/mol. The lowest BCUT2D eigenvalue weighted by molar-refractivity contribution is 0.418. The number of aryl methyl sites for hydroxylation is 1. The van der Waals surface area contributed by atoms with Crippen molar-refractivity contribution in [1.82, 2.24) is 9.88 Å². The molecule has 1 aromatic carbocycles. The van der Waals surface area contributed by atoms with Gasteiger partial charge in [0.2, 0.25) is 0 Å². The highest BCUT2D eigenvalue weighted by atomic mass is 15.0. The smallest absolute Gasteiger partial charge is 0.0483 e. The van der Waals surface area contributed by atoms with Gasteiger partial charge in [0.05, 0.1) is 0 Å². The van der Waals surface area contributed by atoms with E-state index in [1.165, 1.54) is 16.5 Å². The highest BCUT2D eigenvalue weighted by Crippen LogP contribution is 2.17. The third-order valence-corrected chi connectivity index (χ3v) is 3.75. The first-order chi connectivity index (χ1) is 8.58. The number of nitrogens with zero attached hydrogens (tertiary/aromatic N) is 1. The molecule has 1 N–H and O–H groups in total. The number of aromatic nitrogens is 1. The molecule has 2 aromatic rings. The van der Waals surface area contributed by atoms with Crippen LogP contribution in [0, 0.1) is 12.8 Å². The van der Waals surface area contributed by atoms with Crippen molar-refractivity contribution in [1.29, 1.82) is 0 Å². The molecule has 2 heteroatoms. The van der Waals surface area contributed by atoms with Gasteiger partial charge in [-0.05, 0) is 42.8 Å². The Labute approximate surface area is 110 Å². The summed E-state index contributed by atoms with van der Waals surface area (Å²) in [6.45, 7) is 11.0. The zero-order valence-corrected chi connectivity index (χ0v) is 11.9. The van der Waals surface area contributed by atoms with Gasteiger partial charge in [0.25, 0.3) is 0 Å². The normalized spacial score (nSPS) is 13.4. The summed E-state index contributed by atoms with van der Waals surface area (Å²) >= 11 is 0. The SMILES string of the molecule is Cc1ccc2ccn(CCNC(C)C(C)C)c2c1. The maximum atomic E-state index is 3.58. The molecule has 0 fully saturated rings. The van der Waals surface area contributed by atoms with E-state index in [0.29, 0.717) is 12.0 Å². The van der Waals surface area contributed by atoms with Crippen LogP contribution in [0.1, 0.15) is 26.3 Å². The van der Waals surface area contributed by atoms with Crippen LogP contribution < -0.4 is 5.32 Å². The maximum Gasteiger partial charge on any atom is 0.0483 e. The van der Waals surface area contributed by atoms with E-state index in [2.05, 4.69) is 68.0 Å². The predicted octanol–water partition coefficient (Wildman–Crippen LogP) is 3.58. The average molecular weight is 244 g/mol. The molecule has 2 rings (SSSR count). The Morgan fingerprint density at radius 2 is 1.94 bits per heavy atom. The Bertz CT molecular complexity index is 511. The lowest BCUT2D eigenvalue weighted by Gasteiger charge is -2.17. The number of rotatable bonds is 5. The minimum Gasteiger partial charge on any atom is -0.346 e. The Balaban J connectivity index is 2.01. The molecule has 0 amide bonds. The Hall–Kier alpha value is -1.28. The Kier molecular flexibility index (Phi) is 4.07. The van der Waals surface area contributed by atoms with Gasteiger partial charge in [0.1, 0.15) is 0 Å². The highest BCUT2D eigenvalue weighted by molar-refractivity contribution is 5.80. The molecular weight excluding hydrogens is 220 g/mol. The third kappa shape index (κ3) is 2.94. The summed E-state index contributed by atoms with van der Waals surface area (Å²) in [5.74, 6) is 0.689. The number of nitrogens with one attached hydrogen (secondary N) is 1. The first-order valence-electron chi connectivity index (χ1n) is 6.87. The van der Waals surface area contributed by atoms with Crippen LogP contribution in [0.15, 0.2) is 30.5 Å². The summed E-state index contributed by atoms with van der Waals surface area (Å²) < 4.78 is 2.34. The summed E-state index contributed by atoms with van der Waals surface area (Å²) in [5, 5.41) is 4.91. The van der Waals surface area contributed by atoms with Gasteiger partial charge in [-0.2, -0.15) is 0 Å². The van der Waals surface area contributed by atoms with E-state index in [9.17, 15) is 0 Å². The molecule has 0 spiro atoms. The predicted molar refractivity (Wildman–Crippen MR) is 79.0 cm³/mol. The standard InChI is InChI=1S/C16H24N2/c1-12(2)14(4)17-8-10-18-9-7-15-6-5-13(3)11-16(15)18/h5-7,9,11-12,14,17H,8,10H2,1-4H3. The van der Waals surface area contributed by atoms with E-state index < -0.39 is 0 Å². The van der Waals surface area contributed by atoms with Crippen LogP contribution in [0.4, 0.5) is 0 Å². The molecule has 0 aliphatic heterocycles. The molecule has 18 heavy (non-hydrogen) atoms. The van der Waals surface area contributed by atoms with Crippen molar-refractivity contribution in [2.45, 2.75) is 40.3 Å². The molecule has 1 heterocycles. The lowest BCUT2D eigenvalue weighted by atomic mass is 10.1. The fraction of sp³-hybridized carbons (Fsp3) is 0.500. The van der Waals surface area contributed by atoms with Gasteiger partial charge >= 0.3 is 0 Å². The van der Waals surface area contributed by atoms with Crippen molar-refractivity contribution in [2.24, 2.45) is 5.92 Å². The molecule has 98 valence electrons. The van der Waals surface area contributed by atoms with Crippen molar-refractivity contribution < 1.29 is 0 Å². The zero-order valence-electron chi connectivity index (χ0n) is 11.9. The van der Waals surface area contributed by atoms with Crippen molar-refractivity contribution >= 4 is 10.9 Å². The molecular formula is C16H24N2. The number of fused-ring (bicyclic) bond motifs is 1. The van der Waals surface area contributed by atoms with Crippen LogP contribution in [-0.4, -0.2) is 17.2 Å². The van der Waals surface area contributed by atoms with E-state index in [1.54, 1.807) is 0 Å². The quantitative estimate of drug-likeness (QED) is 0.850. The van der Waals surface area contributed by atoms with Crippen LogP contribution >= 0.6 is 0 Å². The highest BCUT2D eigenvalue weighted by Gasteiger charge is 2.06. The van der Waals surface area contributed by atoms with E-state index in [0.717, 1.165) is 13.1 Å². The van der Waals surface area contributed by atoms with E-state index in [1.807, 2.05) is 0 Å². The van der Waals surface area contributed by atoms with Gasteiger partial charge in [-0.3, -0.25) is 0 Å². The molecule has 0 radical (unpaired) electrons. The number of hydrogen-bond acceptors (Lipinski definition) is 1. The zero-order chi connectivity index (χ0) is 13.1. The van der Waals surface area contributed by atoms with Crippen molar-refractivity contribution in [2.75, 3.05) is 6.54 Å². The maximum absolute atomic E-state index is 3.58. The minimum atomic E-state index is 0.577. The Morgan fingerprint density at radius 1 is 1.17 bits per heavy atom. The fourth-order valence-corrected chi connectivity index (χ4v) is 2.14. The molecule has 0 aliphatic carbocycles. The molecule has 0 saturated carbocycles. The third-order valence-electron chi connectivity index (χ3n) is 3.75. The molecule has 1 atom stereocenters. The number of hydrogen-bond donors (Lipinski definition) is 1. The van der Waals surface area contributed by atoms with E-state index in [-0.39, 0.29) is 0 Å². The fourth-order valence-electron chi connectivity index (χ4n) is 2.14. The van der Waals surface area contributed by atoms with E-state index in [4.69, 9.17) is 0 Å². The molecule has 1 unspecified atom stereocenters. The van der Waals surface area contributed by atoms with Crippen molar-refractivity contribution in [3.05, 3.63) is 36.0 Å². The van der Waals surface area contributed by atoms with Crippen LogP contribution in [-0.2, 0) is 6.54 Å². The average Bonchev–Trinajstić information content (AvgIpc) is 2.71. The molecule has 0 aliphatic rings. The van der Waals surface area contributed by atoms with Crippen LogP contribution in [0.5, 0.6) is 0 Å². The van der Waals surface area contributed by atoms with Crippen LogP contribution in [0.3, 0.4) is 0 Å². The second kappa shape index (κ2) is 5.57. The molecule has 0 saturated heterocycles. The first-order valence-corrected chi connectivity index (χ1v) is 6.87. The summed E-state index contributed by atoms with van der Waals surface area (Å²) in [7, 11) is 0. The van der Waals surface area contributed by atoms with Gasteiger partial charge in [0, 0.05) is 30.8 Å². The van der Waals surface area contributed by atoms with Crippen molar-refractivity contribution in [3.8, 4) is 0 Å².